The second-order valence-corrected chi connectivity index (χ2v) is 8.23. The Morgan fingerprint density at radius 2 is 1.79 bits per heavy atom. The third-order valence-electron chi connectivity index (χ3n) is 6.42. The third-order valence-corrected chi connectivity index (χ3v) is 6.42. The van der Waals surface area contributed by atoms with Gasteiger partial charge in [-0.05, 0) is 49.7 Å². The molecule has 2 aliphatic carbocycles. The molecule has 1 aromatic heterocycles. The summed E-state index contributed by atoms with van der Waals surface area (Å²) in [6, 6.07) is 6.70. The smallest absolute Gasteiger partial charge is 0.234 e. The lowest BCUT2D eigenvalue weighted by Crippen LogP contribution is -2.56. The number of hydrogen-bond acceptors (Lipinski definition) is 5. The Bertz CT molecular complexity index is 598. The number of aromatic nitrogens is 1. The molecular formula is C20H33Cl2N5O. The minimum Gasteiger partial charge on any atom is -0.354 e. The van der Waals surface area contributed by atoms with Crippen LogP contribution in [0.15, 0.2) is 24.4 Å². The van der Waals surface area contributed by atoms with E-state index < -0.39 is 0 Å². The van der Waals surface area contributed by atoms with Crippen molar-refractivity contribution in [1.29, 1.82) is 0 Å². The van der Waals surface area contributed by atoms with Crippen LogP contribution in [-0.2, 0) is 4.79 Å². The summed E-state index contributed by atoms with van der Waals surface area (Å²) in [6.07, 6.45) is 7.72. The standard InChI is InChI=1S/C20H31N5O.2ClH/c21-17-12-15-4-3-5-16(13-17)20(15)23-19(26)14-24-8-10-25(11-9-24)18-6-1-2-7-22-18;;/h1-2,6-7,15-17,20H,3-5,8-14,21H2,(H,23,26);2*1H. The maximum atomic E-state index is 12.6. The highest BCUT2D eigenvalue weighted by atomic mass is 35.5. The van der Waals surface area contributed by atoms with E-state index in [1.165, 1.54) is 19.3 Å². The molecule has 3 N–H and O–H groups in total. The van der Waals surface area contributed by atoms with Crippen LogP contribution < -0.4 is 16.0 Å². The minimum absolute atomic E-state index is 0. The summed E-state index contributed by atoms with van der Waals surface area (Å²) in [6.45, 7) is 4.18. The summed E-state index contributed by atoms with van der Waals surface area (Å²) in [4.78, 5) is 21.6. The predicted molar refractivity (Wildman–Crippen MR) is 117 cm³/mol. The number of carbonyl (C=O) groups is 1. The molecule has 0 spiro atoms. The molecule has 0 radical (unpaired) electrons. The number of rotatable bonds is 4. The number of nitrogens with two attached hydrogens (primary N) is 1. The number of nitrogens with zero attached hydrogens (tertiary/aromatic N) is 3. The molecule has 8 heteroatoms. The van der Waals surface area contributed by atoms with Gasteiger partial charge in [0.05, 0.1) is 6.54 Å². The highest BCUT2D eigenvalue weighted by molar-refractivity contribution is 5.85. The van der Waals surface area contributed by atoms with E-state index in [0.717, 1.165) is 44.8 Å². The van der Waals surface area contributed by atoms with Gasteiger partial charge in [0, 0.05) is 44.5 Å². The first-order chi connectivity index (χ1) is 12.7. The number of nitrogens with one attached hydrogen (secondary N) is 1. The molecular weight excluding hydrogens is 397 g/mol. The number of piperazine rings is 1. The fraction of sp³-hybridized carbons (Fsp3) is 0.700. The molecule has 4 rings (SSSR count). The van der Waals surface area contributed by atoms with Crippen molar-refractivity contribution in [1.82, 2.24) is 15.2 Å². The molecule has 28 heavy (non-hydrogen) atoms. The van der Waals surface area contributed by atoms with Crippen LogP contribution in [0.4, 0.5) is 5.82 Å². The zero-order chi connectivity index (χ0) is 17.9. The highest BCUT2D eigenvalue weighted by Crippen LogP contribution is 2.39. The van der Waals surface area contributed by atoms with Gasteiger partial charge in [-0.25, -0.2) is 4.98 Å². The molecule has 6 nitrogen and oxygen atoms in total. The van der Waals surface area contributed by atoms with E-state index in [1.54, 1.807) is 0 Å². The van der Waals surface area contributed by atoms with E-state index in [9.17, 15) is 4.79 Å². The van der Waals surface area contributed by atoms with Crippen LogP contribution in [0.5, 0.6) is 0 Å². The second-order valence-electron chi connectivity index (χ2n) is 8.23. The quantitative estimate of drug-likeness (QED) is 0.765. The molecule has 1 aliphatic heterocycles. The predicted octanol–water partition coefficient (Wildman–Crippen LogP) is 2.07. The van der Waals surface area contributed by atoms with Crippen molar-refractivity contribution >= 4 is 36.5 Å². The maximum Gasteiger partial charge on any atom is 0.234 e. The Kier molecular flexibility index (Phi) is 8.81. The van der Waals surface area contributed by atoms with Gasteiger partial charge in [-0.15, -0.1) is 24.8 Å². The number of amides is 1. The first kappa shape index (κ1) is 23.2. The lowest BCUT2D eigenvalue weighted by Gasteiger charge is -2.45. The number of pyridine rings is 1. The molecule has 2 heterocycles. The highest BCUT2D eigenvalue weighted by Gasteiger charge is 2.40. The number of halogens is 2. The molecule has 2 atom stereocenters. The summed E-state index contributed by atoms with van der Waals surface area (Å²) in [5.41, 5.74) is 6.20. The monoisotopic (exact) mass is 429 g/mol. The zero-order valence-corrected chi connectivity index (χ0v) is 18.0. The fourth-order valence-corrected chi connectivity index (χ4v) is 5.14. The van der Waals surface area contributed by atoms with E-state index in [1.807, 2.05) is 18.3 Å². The molecule has 1 aromatic rings. The van der Waals surface area contributed by atoms with Gasteiger partial charge in [-0.3, -0.25) is 9.69 Å². The Morgan fingerprint density at radius 3 is 2.39 bits per heavy atom. The van der Waals surface area contributed by atoms with Crippen LogP contribution in [0.25, 0.3) is 0 Å². The summed E-state index contributed by atoms with van der Waals surface area (Å²) in [5, 5.41) is 3.37. The first-order valence-electron chi connectivity index (χ1n) is 10.1. The summed E-state index contributed by atoms with van der Waals surface area (Å²) in [5.74, 6) is 2.39. The fourth-order valence-electron chi connectivity index (χ4n) is 5.14. The Morgan fingerprint density at radius 1 is 1.11 bits per heavy atom. The Labute approximate surface area is 180 Å². The number of anilines is 1. The van der Waals surface area contributed by atoms with Crippen molar-refractivity contribution in [3.63, 3.8) is 0 Å². The van der Waals surface area contributed by atoms with E-state index in [4.69, 9.17) is 5.73 Å². The van der Waals surface area contributed by atoms with E-state index in [2.05, 4.69) is 26.2 Å². The van der Waals surface area contributed by atoms with E-state index >= 15 is 0 Å². The first-order valence-corrected chi connectivity index (χ1v) is 10.1. The van der Waals surface area contributed by atoms with Gasteiger partial charge in [-0.1, -0.05) is 12.5 Å². The van der Waals surface area contributed by atoms with Crippen molar-refractivity contribution in [2.75, 3.05) is 37.6 Å². The SMILES string of the molecule is Cl.Cl.NC1CC2CCCC(C1)C2NC(=O)CN1CCN(c2ccccn2)CC1. The van der Waals surface area contributed by atoms with Gasteiger partial charge in [0.15, 0.2) is 0 Å². The summed E-state index contributed by atoms with van der Waals surface area (Å²) < 4.78 is 0. The summed E-state index contributed by atoms with van der Waals surface area (Å²) in [7, 11) is 0. The molecule has 158 valence electrons. The van der Waals surface area contributed by atoms with Crippen LogP contribution in [-0.4, -0.2) is 60.6 Å². The molecule has 1 amide bonds. The van der Waals surface area contributed by atoms with E-state index in [-0.39, 0.29) is 30.7 Å². The molecule has 0 aromatic carbocycles. The Hall–Kier alpha value is -1.08. The van der Waals surface area contributed by atoms with Crippen molar-refractivity contribution in [2.24, 2.45) is 17.6 Å². The minimum atomic E-state index is 0. The van der Waals surface area contributed by atoms with Crippen LogP contribution in [0.1, 0.15) is 32.1 Å². The topological polar surface area (TPSA) is 74.5 Å². The molecule has 3 aliphatic rings. The van der Waals surface area contributed by atoms with Crippen LogP contribution in [0.3, 0.4) is 0 Å². The largest absolute Gasteiger partial charge is 0.354 e. The average Bonchev–Trinajstić information content (AvgIpc) is 2.64. The van der Waals surface area contributed by atoms with Gasteiger partial charge < -0.3 is 16.0 Å². The van der Waals surface area contributed by atoms with Gasteiger partial charge in [0.1, 0.15) is 5.82 Å². The van der Waals surface area contributed by atoms with Gasteiger partial charge >= 0.3 is 0 Å². The van der Waals surface area contributed by atoms with Crippen molar-refractivity contribution in [3.05, 3.63) is 24.4 Å². The number of carbonyl (C=O) groups excluding carboxylic acids is 1. The number of hydrogen-bond donors (Lipinski definition) is 2. The zero-order valence-electron chi connectivity index (χ0n) is 16.3. The van der Waals surface area contributed by atoms with Crippen molar-refractivity contribution < 1.29 is 4.79 Å². The average molecular weight is 430 g/mol. The van der Waals surface area contributed by atoms with E-state index in [0.29, 0.717) is 30.5 Å². The van der Waals surface area contributed by atoms with Crippen molar-refractivity contribution in [2.45, 2.75) is 44.2 Å². The molecule has 2 unspecified atom stereocenters. The summed E-state index contributed by atoms with van der Waals surface area (Å²) >= 11 is 0. The third kappa shape index (κ3) is 5.50. The number of fused-ring (bicyclic) bond motifs is 2. The maximum absolute atomic E-state index is 12.6. The lowest BCUT2D eigenvalue weighted by molar-refractivity contribution is -0.124. The molecule has 3 fully saturated rings. The van der Waals surface area contributed by atoms with Crippen LogP contribution >= 0.6 is 24.8 Å². The van der Waals surface area contributed by atoms with Gasteiger partial charge in [0.2, 0.25) is 5.91 Å². The molecule has 1 saturated heterocycles. The second kappa shape index (κ2) is 10.6. The molecule has 2 bridgehead atoms. The van der Waals surface area contributed by atoms with Gasteiger partial charge in [0.25, 0.3) is 0 Å². The van der Waals surface area contributed by atoms with Crippen LogP contribution in [0, 0.1) is 11.8 Å². The van der Waals surface area contributed by atoms with Gasteiger partial charge in [-0.2, -0.15) is 0 Å². The van der Waals surface area contributed by atoms with Crippen molar-refractivity contribution in [3.8, 4) is 0 Å². The van der Waals surface area contributed by atoms with Crippen LogP contribution in [0.2, 0.25) is 0 Å². The molecule has 2 saturated carbocycles. The normalized spacial score (nSPS) is 30.0. The lowest BCUT2D eigenvalue weighted by atomic mass is 9.67. The Balaban J connectivity index is 0.00000140.